The van der Waals surface area contributed by atoms with E-state index in [9.17, 15) is 4.39 Å². The van der Waals surface area contributed by atoms with E-state index >= 15 is 0 Å². The highest BCUT2D eigenvalue weighted by atomic mass is 19.1. The Labute approximate surface area is 145 Å². The fourth-order valence-electron chi connectivity index (χ4n) is 5.20. The van der Waals surface area contributed by atoms with Gasteiger partial charge in [-0.15, -0.1) is 0 Å². The highest BCUT2D eigenvalue weighted by molar-refractivity contribution is 4.89. The Balaban J connectivity index is 1.64. The minimum atomic E-state index is -0.803. The molecule has 0 spiro atoms. The molecule has 0 aromatic rings. The van der Waals surface area contributed by atoms with Crippen LogP contribution in [0.25, 0.3) is 0 Å². The van der Waals surface area contributed by atoms with Crippen LogP contribution in [0, 0.1) is 17.8 Å². The lowest BCUT2D eigenvalue weighted by Crippen LogP contribution is -2.33. The highest BCUT2D eigenvalue weighted by Crippen LogP contribution is 2.45. The van der Waals surface area contributed by atoms with Crippen molar-refractivity contribution < 1.29 is 4.39 Å². The zero-order valence-corrected chi connectivity index (χ0v) is 15.9. The molecule has 0 N–H and O–H groups in total. The Morgan fingerprint density at radius 1 is 0.739 bits per heavy atom. The standard InChI is InChI=1S/C22H41F/c1-3-5-7-9-19-10-12-20(13-11-19)21-14-17-22(23,18-15-21)16-8-6-4-2/h19-21H,3-18H2,1-2H3. The molecular weight excluding hydrogens is 283 g/mol. The van der Waals surface area contributed by atoms with Gasteiger partial charge in [-0.25, -0.2) is 4.39 Å². The topological polar surface area (TPSA) is 0 Å². The lowest BCUT2D eigenvalue weighted by Gasteiger charge is -2.40. The monoisotopic (exact) mass is 324 g/mol. The summed E-state index contributed by atoms with van der Waals surface area (Å²) in [5.41, 5.74) is -0.803. The first-order valence-corrected chi connectivity index (χ1v) is 10.9. The first-order chi connectivity index (χ1) is 11.2. The van der Waals surface area contributed by atoms with Crippen molar-refractivity contribution in [1.29, 1.82) is 0 Å². The maximum Gasteiger partial charge on any atom is 0.111 e. The van der Waals surface area contributed by atoms with Gasteiger partial charge in [0.1, 0.15) is 5.67 Å². The van der Waals surface area contributed by atoms with E-state index < -0.39 is 5.67 Å². The third kappa shape index (κ3) is 6.39. The van der Waals surface area contributed by atoms with Gasteiger partial charge in [0.15, 0.2) is 0 Å². The summed E-state index contributed by atoms with van der Waals surface area (Å²) in [6.07, 6.45) is 19.9. The van der Waals surface area contributed by atoms with Crippen LogP contribution in [-0.4, -0.2) is 5.67 Å². The number of hydrogen-bond acceptors (Lipinski definition) is 0. The van der Waals surface area contributed by atoms with Gasteiger partial charge in [0.05, 0.1) is 0 Å². The number of hydrogen-bond donors (Lipinski definition) is 0. The second-order valence-corrected chi connectivity index (χ2v) is 8.72. The lowest BCUT2D eigenvalue weighted by atomic mass is 9.67. The molecule has 23 heavy (non-hydrogen) atoms. The van der Waals surface area contributed by atoms with Crippen molar-refractivity contribution in [3.8, 4) is 0 Å². The van der Waals surface area contributed by atoms with Crippen LogP contribution in [0.2, 0.25) is 0 Å². The first-order valence-electron chi connectivity index (χ1n) is 10.9. The van der Waals surface area contributed by atoms with Crippen LogP contribution in [-0.2, 0) is 0 Å². The molecule has 0 aromatic carbocycles. The predicted molar refractivity (Wildman–Crippen MR) is 99.5 cm³/mol. The summed E-state index contributed by atoms with van der Waals surface area (Å²) in [6.45, 7) is 4.51. The van der Waals surface area contributed by atoms with Gasteiger partial charge in [0.25, 0.3) is 0 Å². The SMILES string of the molecule is CCCCCC1CCC(C2CCC(F)(CCCCC)CC2)CC1. The quantitative estimate of drug-likeness (QED) is 0.379. The summed E-state index contributed by atoms with van der Waals surface area (Å²) < 4.78 is 14.9. The summed E-state index contributed by atoms with van der Waals surface area (Å²) in [7, 11) is 0. The fourth-order valence-corrected chi connectivity index (χ4v) is 5.20. The van der Waals surface area contributed by atoms with Crippen molar-refractivity contribution in [2.75, 3.05) is 0 Å². The summed E-state index contributed by atoms with van der Waals surface area (Å²) in [4.78, 5) is 0. The van der Waals surface area contributed by atoms with E-state index in [2.05, 4.69) is 13.8 Å². The van der Waals surface area contributed by atoms with E-state index in [1.165, 1.54) is 77.0 Å². The van der Waals surface area contributed by atoms with E-state index in [0.717, 1.165) is 43.4 Å². The maximum absolute atomic E-state index is 14.9. The van der Waals surface area contributed by atoms with Crippen LogP contribution in [0.4, 0.5) is 4.39 Å². The molecule has 0 bridgehead atoms. The molecule has 0 radical (unpaired) electrons. The van der Waals surface area contributed by atoms with Crippen LogP contribution in [0.3, 0.4) is 0 Å². The molecule has 0 unspecified atom stereocenters. The summed E-state index contributed by atoms with van der Waals surface area (Å²) in [5, 5.41) is 0. The Kier molecular flexibility index (Phi) is 8.41. The molecule has 0 heterocycles. The van der Waals surface area contributed by atoms with Crippen molar-refractivity contribution >= 4 is 0 Å². The second kappa shape index (κ2) is 10.0. The Morgan fingerprint density at radius 3 is 1.91 bits per heavy atom. The molecule has 0 saturated heterocycles. The molecule has 0 nitrogen and oxygen atoms in total. The van der Waals surface area contributed by atoms with Crippen molar-refractivity contribution in [1.82, 2.24) is 0 Å². The lowest BCUT2D eigenvalue weighted by molar-refractivity contribution is 0.0456. The van der Waals surface area contributed by atoms with Gasteiger partial charge in [0.2, 0.25) is 0 Å². The van der Waals surface area contributed by atoms with Gasteiger partial charge in [-0.3, -0.25) is 0 Å². The zero-order chi connectivity index (χ0) is 16.5. The Bertz CT molecular complexity index is 295. The minimum absolute atomic E-state index is 0.803. The average Bonchev–Trinajstić information content (AvgIpc) is 2.57. The van der Waals surface area contributed by atoms with Crippen molar-refractivity contribution in [3.05, 3.63) is 0 Å². The van der Waals surface area contributed by atoms with Crippen LogP contribution >= 0.6 is 0 Å². The predicted octanol–water partition coefficient (Wildman–Crippen LogP) is 7.85. The van der Waals surface area contributed by atoms with Gasteiger partial charge < -0.3 is 0 Å². The molecule has 136 valence electrons. The van der Waals surface area contributed by atoms with E-state index in [-0.39, 0.29) is 0 Å². The van der Waals surface area contributed by atoms with E-state index in [1.54, 1.807) is 0 Å². The Morgan fingerprint density at radius 2 is 1.30 bits per heavy atom. The van der Waals surface area contributed by atoms with Gasteiger partial charge in [-0.1, -0.05) is 71.6 Å². The molecule has 0 atom stereocenters. The maximum atomic E-state index is 14.9. The molecule has 0 aliphatic heterocycles. The molecular formula is C22H41F. The molecule has 0 amide bonds. The van der Waals surface area contributed by atoms with E-state index in [0.29, 0.717) is 0 Å². The van der Waals surface area contributed by atoms with Crippen LogP contribution in [0.5, 0.6) is 0 Å². The van der Waals surface area contributed by atoms with E-state index in [4.69, 9.17) is 0 Å². The highest BCUT2D eigenvalue weighted by Gasteiger charge is 2.38. The van der Waals surface area contributed by atoms with Crippen molar-refractivity contribution in [2.24, 2.45) is 17.8 Å². The number of halogens is 1. The number of rotatable bonds is 9. The van der Waals surface area contributed by atoms with Crippen LogP contribution < -0.4 is 0 Å². The molecule has 2 rings (SSSR count). The third-order valence-electron chi connectivity index (χ3n) is 6.93. The molecule has 2 fully saturated rings. The molecule has 0 aromatic heterocycles. The first kappa shape index (κ1) is 19.3. The van der Waals surface area contributed by atoms with Gasteiger partial charge >= 0.3 is 0 Å². The van der Waals surface area contributed by atoms with Gasteiger partial charge in [0, 0.05) is 0 Å². The van der Waals surface area contributed by atoms with Gasteiger partial charge in [-0.05, 0) is 62.7 Å². The Hall–Kier alpha value is -0.0700. The van der Waals surface area contributed by atoms with Gasteiger partial charge in [-0.2, -0.15) is 0 Å². The van der Waals surface area contributed by atoms with Crippen LogP contribution in [0.1, 0.15) is 117 Å². The second-order valence-electron chi connectivity index (χ2n) is 8.72. The third-order valence-corrected chi connectivity index (χ3v) is 6.93. The van der Waals surface area contributed by atoms with Crippen molar-refractivity contribution in [3.63, 3.8) is 0 Å². The summed E-state index contributed by atoms with van der Waals surface area (Å²) in [5.74, 6) is 2.79. The van der Waals surface area contributed by atoms with Crippen LogP contribution in [0.15, 0.2) is 0 Å². The minimum Gasteiger partial charge on any atom is -0.244 e. The molecule has 1 heteroatoms. The molecule has 2 aliphatic carbocycles. The van der Waals surface area contributed by atoms with Crippen molar-refractivity contribution in [2.45, 2.75) is 122 Å². The number of alkyl halides is 1. The normalized spacial score (nSPS) is 35.3. The smallest absolute Gasteiger partial charge is 0.111 e. The molecule has 2 aliphatic rings. The zero-order valence-electron chi connectivity index (χ0n) is 15.9. The molecule has 2 saturated carbocycles. The largest absolute Gasteiger partial charge is 0.244 e. The van der Waals surface area contributed by atoms with E-state index in [1.807, 2.05) is 0 Å². The average molecular weight is 325 g/mol. The number of unbranched alkanes of at least 4 members (excludes halogenated alkanes) is 4. The summed E-state index contributed by atoms with van der Waals surface area (Å²) >= 11 is 0. The summed E-state index contributed by atoms with van der Waals surface area (Å²) in [6, 6.07) is 0. The fraction of sp³-hybridized carbons (Fsp3) is 1.00.